The normalized spacial score (nSPS) is 25.6. The van der Waals surface area contributed by atoms with E-state index in [4.69, 9.17) is 0 Å². The molecule has 4 rings (SSSR count). The van der Waals surface area contributed by atoms with E-state index in [0.29, 0.717) is 23.1 Å². The summed E-state index contributed by atoms with van der Waals surface area (Å²) < 4.78 is 0. The molecule has 124 valence electrons. The number of nitrogens with one attached hydrogen (secondary N) is 2. The largest absolute Gasteiger partial charge is 0.372 e. The first-order valence-corrected chi connectivity index (χ1v) is 8.57. The van der Waals surface area contributed by atoms with Crippen LogP contribution in [0.4, 0.5) is 0 Å². The summed E-state index contributed by atoms with van der Waals surface area (Å²) >= 11 is 0. The maximum Gasteiger partial charge on any atom is 0.261 e. The smallest absolute Gasteiger partial charge is 0.261 e. The first-order chi connectivity index (χ1) is 11.7. The Bertz CT molecular complexity index is 657. The summed E-state index contributed by atoms with van der Waals surface area (Å²) in [6, 6.07) is 18.8. The molecule has 2 aromatic carbocycles. The average Bonchev–Trinajstić information content (AvgIpc) is 3.21. The molecule has 0 aromatic heterocycles. The molecule has 1 heterocycles. The van der Waals surface area contributed by atoms with Gasteiger partial charge in [-0.1, -0.05) is 60.7 Å². The van der Waals surface area contributed by atoms with Crippen LogP contribution in [0.5, 0.6) is 0 Å². The molecule has 3 unspecified atom stereocenters. The Kier molecular flexibility index (Phi) is 3.87. The second kappa shape index (κ2) is 6.04. The predicted molar refractivity (Wildman–Crippen MR) is 92.3 cm³/mol. The van der Waals surface area contributed by atoms with E-state index in [1.54, 1.807) is 24.3 Å². The van der Waals surface area contributed by atoms with Crippen molar-refractivity contribution in [2.75, 3.05) is 6.54 Å². The highest BCUT2D eigenvalue weighted by Crippen LogP contribution is 2.34. The van der Waals surface area contributed by atoms with Gasteiger partial charge in [0.1, 0.15) is 0 Å². The van der Waals surface area contributed by atoms with Crippen LogP contribution in [-0.2, 0) is 10.4 Å². The molecule has 2 aromatic rings. The Morgan fingerprint density at radius 1 is 1.00 bits per heavy atom. The van der Waals surface area contributed by atoms with Crippen LogP contribution in [0.3, 0.4) is 0 Å². The van der Waals surface area contributed by atoms with E-state index < -0.39 is 5.60 Å². The third kappa shape index (κ3) is 2.43. The lowest BCUT2D eigenvalue weighted by atomic mass is 9.85. The number of amides is 1. The molecule has 2 bridgehead atoms. The molecule has 1 amide bonds. The van der Waals surface area contributed by atoms with E-state index in [1.807, 2.05) is 36.4 Å². The number of carbonyl (C=O) groups is 1. The zero-order valence-corrected chi connectivity index (χ0v) is 13.5. The first kappa shape index (κ1) is 15.4. The maximum atomic E-state index is 13.2. The van der Waals surface area contributed by atoms with Crippen LogP contribution < -0.4 is 10.6 Å². The molecule has 0 spiro atoms. The summed E-state index contributed by atoms with van der Waals surface area (Å²) in [6.07, 6.45) is 2.22. The van der Waals surface area contributed by atoms with E-state index in [9.17, 15) is 9.90 Å². The van der Waals surface area contributed by atoms with Crippen LogP contribution in [-0.4, -0.2) is 29.6 Å². The SMILES string of the molecule is O=C(NC1C2CCC1NC2)C(O)(c1ccccc1)c1ccccc1. The van der Waals surface area contributed by atoms with Crippen LogP contribution in [0.25, 0.3) is 0 Å². The first-order valence-electron chi connectivity index (χ1n) is 8.57. The number of fused-ring (bicyclic) bond motifs is 2. The number of hydrogen-bond donors (Lipinski definition) is 3. The summed E-state index contributed by atoms with van der Waals surface area (Å²) in [7, 11) is 0. The van der Waals surface area contributed by atoms with Crippen molar-refractivity contribution in [3.05, 3.63) is 71.8 Å². The molecule has 24 heavy (non-hydrogen) atoms. The molecular weight excluding hydrogens is 300 g/mol. The second-order valence-electron chi connectivity index (χ2n) is 6.79. The van der Waals surface area contributed by atoms with E-state index >= 15 is 0 Å². The highest BCUT2D eigenvalue weighted by atomic mass is 16.3. The monoisotopic (exact) mass is 322 g/mol. The van der Waals surface area contributed by atoms with Gasteiger partial charge in [0.25, 0.3) is 5.91 Å². The van der Waals surface area contributed by atoms with Gasteiger partial charge >= 0.3 is 0 Å². The standard InChI is InChI=1S/C20H22N2O2/c23-19(22-18-14-11-12-17(18)21-13-14)20(24,15-7-3-1-4-8-15)16-9-5-2-6-10-16/h1-10,14,17-18,21,24H,11-13H2,(H,22,23). The molecular formula is C20H22N2O2. The topological polar surface area (TPSA) is 61.4 Å². The van der Waals surface area contributed by atoms with Gasteiger partial charge in [-0.2, -0.15) is 0 Å². The Morgan fingerprint density at radius 3 is 2.00 bits per heavy atom. The van der Waals surface area contributed by atoms with Crippen LogP contribution in [0.15, 0.2) is 60.7 Å². The van der Waals surface area contributed by atoms with Crippen molar-refractivity contribution in [2.45, 2.75) is 30.5 Å². The van der Waals surface area contributed by atoms with Gasteiger partial charge in [-0.15, -0.1) is 0 Å². The van der Waals surface area contributed by atoms with Gasteiger partial charge in [-0.3, -0.25) is 4.79 Å². The van der Waals surface area contributed by atoms with E-state index in [1.165, 1.54) is 0 Å². The number of aliphatic hydroxyl groups is 1. The van der Waals surface area contributed by atoms with E-state index in [2.05, 4.69) is 10.6 Å². The second-order valence-corrected chi connectivity index (χ2v) is 6.79. The molecule has 1 aliphatic carbocycles. The van der Waals surface area contributed by atoms with Crippen LogP contribution in [0.2, 0.25) is 0 Å². The summed E-state index contributed by atoms with van der Waals surface area (Å²) in [4.78, 5) is 13.2. The number of rotatable bonds is 4. The van der Waals surface area contributed by atoms with E-state index in [0.717, 1.165) is 19.4 Å². The summed E-state index contributed by atoms with van der Waals surface area (Å²) in [6.45, 7) is 0.949. The summed E-state index contributed by atoms with van der Waals surface area (Å²) in [5.74, 6) is 0.125. The molecule has 1 aliphatic heterocycles. The van der Waals surface area contributed by atoms with Gasteiger partial charge in [-0.25, -0.2) is 0 Å². The lowest BCUT2D eigenvalue weighted by molar-refractivity contribution is -0.137. The van der Waals surface area contributed by atoms with Crippen LogP contribution in [0, 0.1) is 5.92 Å². The van der Waals surface area contributed by atoms with Gasteiger partial charge in [0.15, 0.2) is 5.60 Å². The average molecular weight is 322 g/mol. The number of hydrogen-bond acceptors (Lipinski definition) is 3. The highest BCUT2D eigenvalue weighted by Gasteiger charge is 2.46. The van der Waals surface area contributed by atoms with Crippen LogP contribution in [0.1, 0.15) is 24.0 Å². The Balaban J connectivity index is 1.69. The van der Waals surface area contributed by atoms with Crippen molar-refractivity contribution in [3.8, 4) is 0 Å². The molecule has 2 fully saturated rings. The fourth-order valence-corrected chi connectivity index (χ4v) is 4.10. The summed E-state index contributed by atoms with van der Waals surface area (Å²) in [5.41, 5.74) is -0.496. The quantitative estimate of drug-likeness (QED) is 0.804. The number of piperidine rings is 1. The molecule has 2 aliphatic rings. The lowest BCUT2D eigenvalue weighted by Crippen LogP contribution is -2.52. The minimum absolute atomic E-state index is 0.108. The van der Waals surface area contributed by atoms with Gasteiger partial charge in [0.05, 0.1) is 0 Å². The van der Waals surface area contributed by atoms with Crippen molar-refractivity contribution < 1.29 is 9.90 Å². The molecule has 4 nitrogen and oxygen atoms in total. The van der Waals surface area contributed by atoms with Gasteiger partial charge in [0, 0.05) is 18.6 Å². The number of carbonyl (C=O) groups excluding carboxylic acids is 1. The molecule has 4 heteroatoms. The van der Waals surface area contributed by atoms with E-state index in [-0.39, 0.29) is 11.9 Å². The Hall–Kier alpha value is -2.17. The van der Waals surface area contributed by atoms with Crippen molar-refractivity contribution in [3.63, 3.8) is 0 Å². The van der Waals surface area contributed by atoms with Crippen LogP contribution >= 0.6 is 0 Å². The zero-order valence-electron chi connectivity index (χ0n) is 13.5. The van der Waals surface area contributed by atoms with Gasteiger partial charge < -0.3 is 15.7 Å². The molecule has 0 radical (unpaired) electrons. The van der Waals surface area contributed by atoms with Crippen molar-refractivity contribution in [2.24, 2.45) is 5.92 Å². The van der Waals surface area contributed by atoms with Crippen molar-refractivity contribution >= 4 is 5.91 Å². The zero-order chi connectivity index (χ0) is 16.6. The Morgan fingerprint density at radius 2 is 1.58 bits per heavy atom. The third-order valence-electron chi connectivity index (χ3n) is 5.44. The molecule has 3 atom stereocenters. The highest BCUT2D eigenvalue weighted by molar-refractivity contribution is 5.90. The number of benzene rings is 2. The van der Waals surface area contributed by atoms with Gasteiger partial charge in [0.2, 0.25) is 0 Å². The minimum atomic E-state index is -1.68. The lowest BCUT2D eigenvalue weighted by Gasteiger charge is -2.30. The molecule has 1 saturated carbocycles. The van der Waals surface area contributed by atoms with Crippen molar-refractivity contribution in [1.29, 1.82) is 0 Å². The predicted octanol–water partition coefficient (Wildman–Crippen LogP) is 1.79. The minimum Gasteiger partial charge on any atom is -0.372 e. The molecule has 3 N–H and O–H groups in total. The third-order valence-corrected chi connectivity index (χ3v) is 5.44. The van der Waals surface area contributed by atoms with Gasteiger partial charge in [-0.05, 0) is 29.9 Å². The molecule has 1 saturated heterocycles. The fraction of sp³-hybridized carbons (Fsp3) is 0.350. The Labute approximate surface area is 141 Å². The fourth-order valence-electron chi connectivity index (χ4n) is 4.10. The summed E-state index contributed by atoms with van der Waals surface area (Å²) in [5, 5.41) is 18.0. The van der Waals surface area contributed by atoms with Crippen molar-refractivity contribution in [1.82, 2.24) is 10.6 Å². The maximum absolute atomic E-state index is 13.2.